The average molecular weight is 279 g/mol. The minimum absolute atomic E-state index is 0.0808. The van der Waals surface area contributed by atoms with E-state index in [2.05, 4.69) is 4.98 Å². The van der Waals surface area contributed by atoms with Crippen LogP contribution in [0, 0.1) is 0 Å². The number of rotatable bonds is 6. The molecule has 6 heteroatoms. The summed E-state index contributed by atoms with van der Waals surface area (Å²) in [6.45, 7) is 0.424. The van der Waals surface area contributed by atoms with Gasteiger partial charge >= 0.3 is 5.97 Å². The Morgan fingerprint density at radius 1 is 1.37 bits per heavy atom. The van der Waals surface area contributed by atoms with Crippen molar-refractivity contribution in [1.82, 2.24) is 4.98 Å². The Morgan fingerprint density at radius 2 is 2.11 bits per heavy atom. The van der Waals surface area contributed by atoms with Crippen molar-refractivity contribution < 1.29 is 19.4 Å². The molecule has 0 aliphatic heterocycles. The molecular weight excluding hydrogens is 266 g/mol. The summed E-state index contributed by atoms with van der Waals surface area (Å²) >= 11 is 1.32. The molecule has 0 saturated heterocycles. The molecule has 0 unspecified atom stereocenters. The summed E-state index contributed by atoms with van der Waals surface area (Å²) in [5.41, 5.74) is 0.0808. The first kappa shape index (κ1) is 13.4. The van der Waals surface area contributed by atoms with Gasteiger partial charge in [0.05, 0.1) is 18.7 Å². The second-order valence-corrected chi connectivity index (χ2v) is 4.62. The van der Waals surface area contributed by atoms with Crippen molar-refractivity contribution in [2.24, 2.45) is 0 Å². The van der Waals surface area contributed by atoms with Gasteiger partial charge in [0.2, 0.25) is 0 Å². The van der Waals surface area contributed by atoms with Crippen molar-refractivity contribution in [2.45, 2.75) is 6.42 Å². The molecule has 19 heavy (non-hydrogen) atoms. The first-order chi connectivity index (χ1) is 9.20. The number of carboxylic acid groups (broad SMARTS) is 1. The maximum absolute atomic E-state index is 10.7. The van der Waals surface area contributed by atoms with E-state index >= 15 is 0 Å². The molecule has 1 heterocycles. The summed E-state index contributed by atoms with van der Waals surface area (Å²) in [4.78, 5) is 14.7. The van der Waals surface area contributed by atoms with E-state index in [-0.39, 0.29) is 5.69 Å². The first-order valence-corrected chi connectivity index (χ1v) is 6.52. The highest BCUT2D eigenvalue weighted by Gasteiger charge is 2.09. The lowest BCUT2D eigenvalue weighted by atomic mass is 10.3. The predicted octanol–water partition coefficient (Wildman–Crippen LogP) is 2.47. The molecule has 100 valence electrons. The van der Waals surface area contributed by atoms with Gasteiger partial charge in [-0.25, -0.2) is 9.78 Å². The topological polar surface area (TPSA) is 68.7 Å². The fraction of sp³-hybridized carbons (Fsp3) is 0.231. The second-order valence-electron chi connectivity index (χ2n) is 3.68. The summed E-state index contributed by atoms with van der Waals surface area (Å²) in [7, 11) is 1.59. The van der Waals surface area contributed by atoms with E-state index in [9.17, 15) is 4.79 Å². The van der Waals surface area contributed by atoms with E-state index in [1.54, 1.807) is 7.11 Å². The molecular formula is C13H13NO4S. The SMILES string of the molecule is COc1ccccc1OCCc1nc(C(=O)O)cs1. The lowest BCUT2D eigenvalue weighted by molar-refractivity contribution is 0.0691. The molecule has 1 aromatic heterocycles. The zero-order valence-electron chi connectivity index (χ0n) is 10.3. The van der Waals surface area contributed by atoms with Gasteiger partial charge in [-0.15, -0.1) is 11.3 Å². The smallest absolute Gasteiger partial charge is 0.355 e. The molecule has 5 nitrogen and oxygen atoms in total. The maximum atomic E-state index is 10.7. The number of methoxy groups -OCH3 is 1. The quantitative estimate of drug-likeness (QED) is 0.879. The first-order valence-electron chi connectivity index (χ1n) is 5.64. The molecule has 0 radical (unpaired) electrons. The lowest BCUT2D eigenvalue weighted by Gasteiger charge is -2.09. The Bertz CT molecular complexity index is 567. The summed E-state index contributed by atoms with van der Waals surface area (Å²) in [5, 5.41) is 11.0. The number of ether oxygens (including phenoxy) is 2. The van der Waals surface area contributed by atoms with Crippen LogP contribution in [0.3, 0.4) is 0 Å². The summed E-state index contributed by atoms with van der Waals surface area (Å²) < 4.78 is 10.8. The summed E-state index contributed by atoms with van der Waals surface area (Å²) in [5.74, 6) is 0.334. The average Bonchev–Trinajstić information content (AvgIpc) is 2.88. The Hall–Kier alpha value is -2.08. The Balaban J connectivity index is 1.90. The second kappa shape index (κ2) is 6.19. The third-order valence-electron chi connectivity index (χ3n) is 2.41. The van der Waals surface area contributed by atoms with E-state index in [4.69, 9.17) is 14.6 Å². The lowest BCUT2D eigenvalue weighted by Crippen LogP contribution is -2.03. The molecule has 0 amide bonds. The minimum Gasteiger partial charge on any atom is -0.493 e. The molecule has 0 bridgehead atoms. The van der Waals surface area contributed by atoms with Gasteiger partial charge in [0.15, 0.2) is 17.2 Å². The summed E-state index contributed by atoms with van der Waals surface area (Å²) in [6, 6.07) is 7.38. The van der Waals surface area contributed by atoms with Gasteiger partial charge in [0.25, 0.3) is 0 Å². The minimum atomic E-state index is -1.01. The number of carbonyl (C=O) groups is 1. The molecule has 2 rings (SSSR count). The number of aromatic nitrogens is 1. The summed E-state index contributed by atoms with van der Waals surface area (Å²) in [6.07, 6.45) is 0.565. The van der Waals surface area contributed by atoms with Crippen LogP contribution < -0.4 is 9.47 Å². The Morgan fingerprint density at radius 3 is 2.74 bits per heavy atom. The van der Waals surface area contributed by atoms with Crippen molar-refractivity contribution >= 4 is 17.3 Å². The maximum Gasteiger partial charge on any atom is 0.355 e. The Kier molecular flexibility index (Phi) is 4.35. The molecule has 1 aromatic carbocycles. The van der Waals surface area contributed by atoms with Crippen molar-refractivity contribution in [3.05, 3.63) is 40.3 Å². The van der Waals surface area contributed by atoms with Crippen molar-refractivity contribution in [1.29, 1.82) is 0 Å². The molecule has 0 saturated carbocycles. The fourth-order valence-electron chi connectivity index (χ4n) is 1.51. The number of thiazole rings is 1. The number of aromatic carboxylic acids is 1. The van der Waals surface area contributed by atoms with Crippen molar-refractivity contribution in [3.63, 3.8) is 0 Å². The monoisotopic (exact) mass is 279 g/mol. The van der Waals surface area contributed by atoms with Crippen LogP contribution in [0.1, 0.15) is 15.5 Å². The number of benzene rings is 1. The highest BCUT2D eigenvalue weighted by Crippen LogP contribution is 2.25. The molecule has 2 aromatic rings. The highest BCUT2D eigenvalue weighted by molar-refractivity contribution is 7.09. The van der Waals surface area contributed by atoms with Crippen LogP contribution in [0.2, 0.25) is 0 Å². The van der Waals surface area contributed by atoms with Gasteiger partial charge in [0, 0.05) is 11.8 Å². The van der Waals surface area contributed by atoms with Gasteiger partial charge in [-0.1, -0.05) is 12.1 Å². The van der Waals surface area contributed by atoms with Gasteiger partial charge in [-0.2, -0.15) is 0 Å². The van der Waals surface area contributed by atoms with Crippen LogP contribution in [-0.4, -0.2) is 29.8 Å². The van der Waals surface area contributed by atoms with Crippen LogP contribution >= 0.6 is 11.3 Å². The predicted molar refractivity (Wildman–Crippen MR) is 71.3 cm³/mol. The van der Waals surface area contributed by atoms with E-state index in [1.165, 1.54) is 16.7 Å². The van der Waals surface area contributed by atoms with Gasteiger partial charge in [-0.3, -0.25) is 0 Å². The van der Waals surface area contributed by atoms with Gasteiger partial charge in [0.1, 0.15) is 0 Å². The largest absolute Gasteiger partial charge is 0.493 e. The zero-order valence-corrected chi connectivity index (χ0v) is 11.1. The van der Waals surface area contributed by atoms with Crippen molar-refractivity contribution in [3.8, 4) is 11.5 Å². The number of carboxylic acids is 1. The van der Waals surface area contributed by atoms with E-state index in [1.807, 2.05) is 24.3 Å². The van der Waals surface area contributed by atoms with Gasteiger partial charge < -0.3 is 14.6 Å². The van der Waals surface area contributed by atoms with Crippen LogP contribution in [0.5, 0.6) is 11.5 Å². The number of nitrogens with zero attached hydrogens (tertiary/aromatic N) is 1. The van der Waals surface area contributed by atoms with E-state index in [0.717, 1.165) is 5.01 Å². The molecule has 0 spiro atoms. The fourth-order valence-corrected chi connectivity index (χ4v) is 2.26. The molecule has 0 fully saturated rings. The van der Waals surface area contributed by atoms with Crippen LogP contribution in [0.25, 0.3) is 0 Å². The zero-order chi connectivity index (χ0) is 13.7. The highest BCUT2D eigenvalue weighted by atomic mass is 32.1. The van der Waals surface area contributed by atoms with Crippen LogP contribution in [0.4, 0.5) is 0 Å². The third-order valence-corrected chi connectivity index (χ3v) is 3.32. The number of hydrogen-bond donors (Lipinski definition) is 1. The molecule has 1 N–H and O–H groups in total. The normalized spacial score (nSPS) is 10.2. The van der Waals surface area contributed by atoms with Gasteiger partial charge in [-0.05, 0) is 12.1 Å². The molecule has 0 atom stereocenters. The van der Waals surface area contributed by atoms with E-state index in [0.29, 0.717) is 24.5 Å². The standard InChI is InChI=1S/C13H13NO4S/c1-17-10-4-2-3-5-11(10)18-7-6-12-14-9(8-19-12)13(15)16/h2-5,8H,6-7H2,1H3,(H,15,16). The van der Waals surface area contributed by atoms with E-state index < -0.39 is 5.97 Å². The molecule has 0 aliphatic rings. The third kappa shape index (κ3) is 3.45. The Labute approximate surface area is 114 Å². The van der Waals surface area contributed by atoms with Crippen LogP contribution in [-0.2, 0) is 6.42 Å². The number of para-hydroxylation sites is 2. The molecule has 0 aliphatic carbocycles. The number of hydrogen-bond acceptors (Lipinski definition) is 5. The van der Waals surface area contributed by atoms with Crippen LogP contribution in [0.15, 0.2) is 29.6 Å². The van der Waals surface area contributed by atoms with Crippen molar-refractivity contribution in [2.75, 3.05) is 13.7 Å².